The summed E-state index contributed by atoms with van der Waals surface area (Å²) in [5.41, 5.74) is 0.921. The Balaban J connectivity index is 1.71. The fourth-order valence-electron chi connectivity index (χ4n) is 3.92. The third-order valence-corrected chi connectivity index (χ3v) is 5.48. The van der Waals surface area contributed by atoms with E-state index in [4.69, 9.17) is 0 Å². The number of urea groups is 1. The Hall–Kier alpha value is -2.37. The second kappa shape index (κ2) is 6.86. The number of para-hydroxylation sites is 1. The highest BCUT2D eigenvalue weighted by molar-refractivity contribution is 6.10. The van der Waals surface area contributed by atoms with Gasteiger partial charge in [0.1, 0.15) is 12.1 Å². The van der Waals surface area contributed by atoms with E-state index < -0.39 is 11.6 Å². The maximum atomic E-state index is 12.9. The van der Waals surface area contributed by atoms with Gasteiger partial charge in [-0.15, -0.1) is 0 Å². The van der Waals surface area contributed by atoms with Crippen molar-refractivity contribution in [1.82, 2.24) is 10.2 Å². The van der Waals surface area contributed by atoms with Crippen LogP contribution >= 0.6 is 0 Å². The van der Waals surface area contributed by atoms with Crippen molar-refractivity contribution in [2.75, 3.05) is 11.9 Å². The van der Waals surface area contributed by atoms with Gasteiger partial charge in [-0.25, -0.2) is 4.79 Å². The number of carbonyl (C=O) groups excluding carboxylic acids is 3. The number of nitrogens with zero attached hydrogens (tertiary/aromatic N) is 1. The molecule has 0 aromatic heterocycles. The van der Waals surface area contributed by atoms with Gasteiger partial charge in [0.2, 0.25) is 5.91 Å². The Morgan fingerprint density at radius 1 is 1.32 bits per heavy atom. The number of rotatable bonds is 4. The number of anilines is 1. The van der Waals surface area contributed by atoms with Crippen molar-refractivity contribution in [2.24, 2.45) is 5.92 Å². The normalized spacial score (nSPS) is 26.0. The smallest absolute Gasteiger partial charge is 0.324 e. The zero-order chi connectivity index (χ0) is 18.0. The molecule has 2 atom stereocenters. The van der Waals surface area contributed by atoms with Crippen LogP contribution in [0, 0.1) is 5.92 Å². The molecule has 2 fully saturated rings. The molecule has 2 N–H and O–H groups in total. The highest BCUT2D eigenvalue weighted by atomic mass is 16.2. The first-order valence-electron chi connectivity index (χ1n) is 9.00. The Bertz CT molecular complexity index is 703. The van der Waals surface area contributed by atoms with Crippen LogP contribution < -0.4 is 10.6 Å². The SMILES string of the molecule is CCc1ccccc1NC(=O)CN1C(=O)N[C@@]2(CCCC[C@H]2C)C1=O. The topological polar surface area (TPSA) is 78.5 Å². The molecule has 1 spiro atoms. The molecule has 4 amide bonds. The van der Waals surface area contributed by atoms with Gasteiger partial charge in [-0.3, -0.25) is 14.5 Å². The highest BCUT2D eigenvalue weighted by Gasteiger charge is 2.55. The van der Waals surface area contributed by atoms with E-state index in [1.165, 1.54) is 0 Å². The number of nitrogens with one attached hydrogen (secondary N) is 2. The zero-order valence-corrected chi connectivity index (χ0v) is 14.8. The number of benzene rings is 1. The summed E-state index contributed by atoms with van der Waals surface area (Å²) in [6.07, 6.45) is 4.34. The Morgan fingerprint density at radius 2 is 2.08 bits per heavy atom. The van der Waals surface area contributed by atoms with Crippen LogP contribution in [0.15, 0.2) is 24.3 Å². The van der Waals surface area contributed by atoms with Gasteiger partial charge in [-0.2, -0.15) is 0 Å². The van der Waals surface area contributed by atoms with Crippen LogP contribution in [-0.2, 0) is 16.0 Å². The van der Waals surface area contributed by atoms with E-state index in [-0.39, 0.29) is 24.3 Å². The number of hydrogen-bond donors (Lipinski definition) is 2. The summed E-state index contributed by atoms with van der Waals surface area (Å²) in [5, 5.41) is 5.69. The molecule has 3 rings (SSSR count). The molecule has 1 aliphatic carbocycles. The molecular formula is C19H25N3O3. The van der Waals surface area contributed by atoms with Gasteiger partial charge in [0.15, 0.2) is 0 Å². The van der Waals surface area contributed by atoms with E-state index in [0.29, 0.717) is 6.42 Å². The summed E-state index contributed by atoms with van der Waals surface area (Å²) in [4.78, 5) is 38.7. The van der Waals surface area contributed by atoms with Crippen LogP contribution in [0.3, 0.4) is 0 Å². The minimum Gasteiger partial charge on any atom is -0.324 e. The minimum absolute atomic E-state index is 0.0894. The average molecular weight is 343 g/mol. The predicted molar refractivity (Wildman–Crippen MR) is 95.1 cm³/mol. The first kappa shape index (κ1) is 17.5. The van der Waals surface area contributed by atoms with E-state index in [1.807, 2.05) is 38.1 Å². The van der Waals surface area contributed by atoms with E-state index in [1.54, 1.807) is 0 Å². The average Bonchev–Trinajstić information content (AvgIpc) is 2.83. The molecule has 1 aromatic rings. The van der Waals surface area contributed by atoms with Gasteiger partial charge in [-0.05, 0) is 36.8 Å². The molecule has 1 heterocycles. The van der Waals surface area contributed by atoms with Gasteiger partial charge >= 0.3 is 6.03 Å². The summed E-state index contributed by atoms with van der Waals surface area (Å²) in [6.45, 7) is 3.76. The standard InChI is InChI=1S/C19H25N3O3/c1-3-14-9-4-5-10-15(14)20-16(23)12-22-17(24)19(21-18(22)25)11-7-6-8-13(19)2/h4-5,9-10,13H,3,6-8,11-12H2,1-2H3,(H,20,23)(H,21,25)/t13-,19-/m1/s1. The highest BCUT2D eigenvalue weighted by Crippen LogP contribution is 2.38. The molecule has 1 aromatic carbocycles. The number of aryl methyl sites for hydroxylation is 1. The number of hydrogen-bond acceptors (Lipinski definition) is 3. The van der Waals surface area contributed by atoms with E-state index in [9.17, 15) is 14.4 Å². The maximum Gasteiger partial charge on any atom is 0.325 e. The Kier molecular flexibility index (Phi) is 4.79. The van der Waals surface area contributed by atoms with Gasteiger partial charge < -0.3 is 10.6 Å². The molecule has 1 aliphatic heterocycles. The van der Waals surface area contributed by atoms with Gasteiger partial charge in [0, 0.05) is 5.69 Å². The molecule has 0 radical (unpaired) electrons. The van der Waals surface area contributed by atoms with Gasteiger partial charge in [-0.1, -0.05) is 44.9 Å². The fraction of sp³-hybridized carbons (Fsp3) is 0.526. The van der Waals surface area contributed by atoms with Crippen molar-refractivity contribution in [1.29, 1.82) is 0 Å². The third kappa shape index (κ3) is 3.13. The van der Waals surface area contributed by atoms with E-state index >= 15 is 0 Å². The Morgan fingerprint density at radius 3 is 2.80 bits per heavy atom. The van der Waals surface area contributed by atoms with Crippen LogP contribution in [-0.4, -0.2) is 34.8 Å². The summed E-state index contributed by atoms with van der Waals surface area (Å²) >= 11 is 0. The molecule has 1 saturated heterocycles. The zero-order valence-electron chi connectivity index (χ0n) is 14.8. The van der Waals surface area contributed by atoms with Crippen LogP contribution in [0.5, 0.6) is 0 Å². The third-order valence-electron chi connectivity index (χ3n) is 5.48. The summed E-state index contributed by atoms with van der Waals surface area (Å²) in [7, 11) is 0. The molecule has 6 heteroatoms. The first-order valence-corrected chi connectivity index (χ1v) is 9.00. The minimum atomic E-state index is -0.822. The molecule has 0 bridgehead atoms. The van der Waals surface area contributed by atoms with Crippen LogP contribution in [0.1, 0.15) is 45.1 Å². The molecule has 134 valence electrons. The fourth-order valence-corrected chi connectivity index (χ4v) is 3.92. The molecule has 0 unspecified atom stereocenters. The van der Waals surface area contributed by atoms with Crippen molar-refractivity contribution < 1.29 is 14.4 Å². The lowest BCUT2D eigenvalue weighted by Gasteiger charge is -2.36. The van der Waals surface area contributed by atoms with E-state index in [0.717, 1.165) is 41.8 Å². The molecular weight excluding hydrogens is 318 g/mol. The summed E-state index contributed by atoms with van der Waals surface area (Å²) < 4.78 is 0. The number of amides is 4. The van der Waals surface area contributed by atoms with Gasteiger partial charge in [0.25, 0.3) is 5.91 Å². The summed E-state index contributed by atoms with van der Waals surface area (Å²) in [5.74, 6) is -0.528. The quantitative estimate of drug-likeness (QED) is 0.825. The van der Waals surface area contributed by atoms with Crippen molar-refractivity contribution in [3.05, 3.63) is 29.8 Å². The molecule has 1 saturated carbocycles. The lowest BCUT2D eigenvalue weighted by atomic mass is 9.73. The summed E-state index contributed by atoms with van der Waals surface area (Å²) in [6, 6.07) is 7.08. The second-order valence-electron chi connectivity index (χ2n) is 7.00. The molecule has 25 heavy (non-hydrogen) atoms. The van der Waals surface area contributed by atoms with Crippen molar-refractivity contribution in [2.45, 2.75) is 51.5 Å². The first-order chi connectivity index (χ1) is 12.0. The van der Waals surface area contributed by atoms with Crippen molar-refractivity contribution in [3.63, 3.8) is 0 Å². The Labute approximate surface area is 148 Å². The predicted octanol–water partition coefficient (Wildman–Crippen LogP) is 2.69. The second-order valence-corrected chi connectivity index (χ2v) is 7.00. The lowest BCUT2D eigenvalue weighted by molar-refractivity contribution is -0.136. The number of imide groups is 1. The van der Waals surface area contributed by atoms with E-state index in [2.05, 4.69) is 10.6 Å². The molecule has 6 nitrogen and oxygen atoms in total. The van der Waals surface area contributed by atoms with Crippen LogP contribution in [0.2, 0.25) is 0 Å². The van der Waals surface area contributed by atoms with Crippen LogP contribution in [0.25, 0.3) is 0 Å². The number of carbonyl (C=O) groups is 3. The van der Waals surface area contributed by atoms with Crippen molar-refractivity contribution in [3.8, 4) is 0 Å². The van der Waals surface area contributed by atoms with Gasteiger partial charge in [0.05, 0.1) is 0 Å². The van der Waals surface area contributed by atoms with Crippen molar-refractivity contribution >= 4 is 23.5 Å². The van der Waals surface area contributed by atoms with Crippen LogP contribution in [0.4, 0.5) is 10.5 Å². The lowest BCUT2D eigenvalue weighted by Crippen LogP contribution is -2.54. The maximum absolute atomic E-state index is 12.9. The monoisotopic (exact) mass is 343 g/mol. The largest absolute Gasteiger partial charge is 0.325 e. The molecule has 2 aliphatic rings.